The van der Waals surface area contributed by atoms with E-state index in [0.29, 0.717) is 5.92 Å². The molecule has 2 aliphatic heterocycles. The van der Waals surface area contributed by atoms with Gasteiger partial charge in [0.2, 0.25) is 0 Å². The van der Waals surface area contributed by atoms with Crippen molar-refractivity contribution in [3.05, 3.63) is 54.3 Å². The topological polar surface area (TPSA) is 25.6 Å². The number of piperidine rings is 2. The van der Waals surface area contributed by atoms with Crippen LogP contribution in [0.25, 0.3) is 11.0 Å². The SMILES string of the molecule is CCC(C)Oc1ccc(Sc2ccc3occ(C4CCN5CCCCC5C4)c3c2)cc1. The van der Waals surface area contributed by atoms with Crippen molar-refractivity contribution in [1.82, 2.24) is 4.90 Å². The molecule has 2 saturated heterocycles. The smallest absolute Gasteiger partial charge is 0.134 e. The van der Waals surface area contributed by atoms with Crippen molar-refractivity contribution >= 4 is 22.7 Å². The second-order valence-electron chi connectivity index (χ2n) is 9.17. The number of hydrogen-bond donors (Lipinski definition) is 0. The minimum Gasteiger partial charge on any atom is -0.491 e. The summed E-state index contributed by atoms with van der Waals surface area (Å²) >= 11 is 1.81. The number of furan rings is 1. The molecule has 0 spiro atoms. The lowest BCUT2D eigenvalue weighted by molar-refractivity contribution is 0.0975. The van der Waals surface area contributed by atoms with Gasteiger partial charge in [0.15, 0.2) is 0 Å². The van der Waals surface area contributed by atoms with Crippen LogP contribution in [0.15, 0.2) is 62.9 Å². The maximum atomic E-state index is 5.97. The zero-order valence-corrected chi connectivity index (χ0v) is 19.5. The van der Waals surface area contributed by atoms with E-state index in [1.807, 2.05) is 18.0 Å². The van der Waals surface area contributed by atoms with Gasteiger partial charge in [-0.15, -0.1) is 0 Å². The van der Waals surface area contributed by atoms with Gasteiger partial charge in [0.25, 0.3) is 0 Å². The van der Waals surface area contributed by atoms with Gasteiger partial charge in [-0.2, -0.15) is 0 Å². The highest BCUT2D eigenvalue weighted by molar-refractivity contribution is 7.99. The van der Waals surface area contributed by atoms with Crippen molar-refractivity contribution in [2.24, 2.45) is 0 Å². The molecule has 3 atom stereocenters. The van der Waals surface area contributed by atoms with Crippen LogP contribution in [0, 0.1) is 0 Å². The van der Waals surface area contributed by atoms with Crippen LogP contribution in [0.4, 0.5) is 0 Å². The lowest BCUT2D eigenvalue weighted by Crippen LogP contribution is -2.44. The van der Waals surface area contributed by atoms with E-state index in [1.54, 1.807) is 0 Å². The zero-order valence-electron chi connectivity index (χ0n) is 18.7. The molecule has 0 aliphatic carbocycles. The number of ether oxygens (including phenoxy) is 1. The Balaban J connectivity index is 1.32. The summed E-state index contributed by atoms with van der Waals surface area (Å²) in [5.74, 6) is 1.57. The van der Waals surface area contributed by atoms with E-state index in [1.165, 1.54) is 65.9 Å². The third-order valence-corrected chi connectivity index (χ3v) is 8.05. The Morgan fingerprint density at radius 1 is 1.06 bits per heavy atom. The summed E-state index contributed by atoms with van der Waals surface area (Å²) in [6.07, 6.45) is 9.96. The second-order valence-corrected chi connectivity index (χ2v) is 10.3. The molecule has 2 fully saturated rings. The summed E-state index contributed by atoms with van der Waals surface area (Å²) in [5, 5.41) is 1.30. The fourth-order valence-electron chi connectivity index (χ4n) is 5.12. The Bertz CT molecular complexity index is 1010. The number of benzene rings is 2. The van der Waals surface area contributed by atoms with Crippen LogP contribution in [0.5, 0.6) is 5.75 Å². The van der Waals surface area contributed by atoms with E-state index in [4.69, 9.17) is 9.15 Å². The van der Waals surface area contributed by atoms with Crippen LogP contribution >= 0.6 is 11.8 Å². The lowest BCUT2D eigenvalue weighted by Gasteiger charge is -2.42. The first-order valence-corrected chi connectivity index (χ1v) is 12.7. The van der Waals surface area contributed by atoms with Gasteiger partial charge in [0.1, 0.15) is 11.3 Å². The number of fused-ring (bicyclic) bond motifs is 2. The van der Waals surface area contributed by atoms with Crippen molar-refractivity contribution in [2.45, 2.75) is 80.2 Å². The molecular formula is C27H33NO2S. The zero-order chi connectivity index (χ0) is 21.2. The Morgan fingerprint density at radius 2 is 1.90 bits per heavy atom. The summed E-state index contributed by atoms with van der Waals surface area (Å²) in [5.41, 5.74) is 2.43. The first-order valence-electron chi connectivity index (χ1n) is 11.9. The van der Waals surface area contributed by atoms with E-state index in [-0.39, 0.29) is 6.10 Å². The Morgan fingerprint density at radius 3 is 2.74 bits per heavy atom. The molecule has 0 bridgehead atoms. The van der Waals surface area contributed by atoms with Gasteiger partial charge in [0, 0.05) is 26.8 Å². The normalized spacial score (nSPS) is 22.9. The highest BCUT2D eigenvalue weighted by Gasteiger charge is 2.32. The van der Waals surface area contributed by atoms with Crippen molar-refractivity contribution in [3.8, 4) is 5.75 Å². The van der Waals surface area contributed by atoms with Gasteiger partial charge in [-0.1, -0.05) is 25.1 Å². The summed E-state index contributed by atoms with van der Waals surface area (Å²) < 4.78 is 11.9. The quantitative estimate of drug-likeness (QED) is 0.400. The standard InChI is InChI=1S/C27H33NO2S/c1-3-19(2)30-22-7-9-23(10-8-22)31-24-11-12-27-25(17-24)26(18-29-27)20-13-15-28-14-5-4-6-21(28)16-20/h7-12,17-21H,3-6,13-16H2,1-2H3. The van der Waals surface area contributed by atoms with Crippen LogP contribution in [0.1, 0.15) is 63.9 Å². The van der Waals surface area contributed by atoms with E-state index in [2.05, 4.69) is 61.2 Å². The van der Waals surface area contributed by atoms with Gasteiger partial charge in [-0.25, -0.2) is 0 Å². The maximum Gasteiger partial charge on any atom is 0.134 e. The first-order chi connectivity index (χ1) is 15.2. The van der Waals surface area contributed by atoms with Gasteiger partial charge < -0.3 is 14.1 Å². The summed E-state index contributed by atoms with van der Waals surface area (Å²) in [4.78, 5) is 5.22. The van der Waals surface area contributed by atoms with Crippen molar-refractivity contribution in [1.29, 1.82) is 0 Å². The molecule has 3 heterocycles. The van der Waals surface area contributed by atoms with E-state index in [0.717, 1.165) is 23.8 Å². The molecule has 1 aromatic heterocycles. The predicted octanol–water partition coefficient (Wildman–Crippen LogP) is 7.49. The molecule has 2 aliphatic rings. The Kier molecular flexibility index (Phi) is 6.29. The molecule has 3 nitrogen and oxygen atoms in total. The number of hydrogen-bond acceptors (Lipinski definition) is 4. The second kappa shape index (κ2) is 9.30. The molecule has 0 saturated carbocycles. The van der Waals surface area contributed by atoms with Gasteiger partial charge in [0.05, 0.1) is 12.4 Å². The molecule has 0 radical (unpaired) electrons. The van der Waals surface area contributed by atoms with Gasteiger partial charge in [-0.05, 0) is 100 Å². The lowest BCUT2D eigenvalue weighted by atomic mass is 9.82. The molecule has 164 valence electrons. The summed E-state index contributed by atoms with van der Waals surface area (Å²) in [6, 6.07) is 15.9. The van der Waals surface area contributed by atoms with E-state index < -0.39 is 0 Å². The van der Waals surface area contributed by atoms with Crippen LogP contribution in [0.2, 0.25) is 0 Å². The van der Waals surface area contributed by atoms with Crippen LogP contribution in [-0.2, 0) is 0 Å². The van der Waals surface area contributed by atoms with Crippen molar-refractivity contribution < 1.29 is 9.15 Å². The highest BCUT2D eigenvalue weighted by atomic mass is 32.2. The van der Waals surface area contributed by atoms with Crippen molar-refractivity contribution in [3.63, 3.8) is 0 Å². The van der Waals surface area contributed by atoms with Gasteiger partial charge >= 0.3 is 0 Å². The fourth-order valence-corrected chi connectivity index (χ4v) is 5.97. The molecule has 4 heteroatoms. The Labute approximate surface area is 190 Å². The minimum atomic E-state index is 0.251. The van der Waals surface area contributed by atoms with Crippen LogP contribution in [0.3, 0.4) is 0 Å². The third-order valence-electron chi connectivity index (χ3n) is 7.06. The summed E-state index contributed by atoms with van der Waals surface area (Å²) in [7, 11) is 0. The minimum absolute atomic E-state index is 0.251. The molecule has 3 aromatic rings. The average molecular weight is 436 g/mol. The maximum absolute atomic E-state index is 5.97. The molecule has 2 aromatic carbocycles. The molecule has 3 unspecified atom stereocenters. The molecule has 31 heavy (non-hydrogen) atoms. The number of rotatable bonds is 6. The van der Waals surface area contributed by atoms with Crippen LogP contribution in [-0.4, -0.2) is 30.1 Å². The third kappa shape index (κ3) is 4.65. The van der Waals surface area contributed by atoms with Crippen LogP contribution < -0.4 is 4.74 Å². The monoisotopic (exact) mass is 435 g/mol. The fraction of sp³-hybridized carbons (Fsp3) is 0.481. The average Bonchev–Trinajstić information content (AvgIpc) is 3.23. The van der Waals surface area contributed by atoms with Crippen molar-refractivity contribution in [2.75, 3.05) is 13.1 Å². The molecular weight excluding hydrogens is 402 g/mol. The molecule has 0 N–H and O–H groups in total. The molecule has 5 rings (SSSR count). The Hall–Kier alpha value is -1.91. The highest BCUT2D eigenvalue weighted by Crippen LogP contribution is 2.40. The first kappa shape index (κ1) is 21.0. The largest absolute Gasteiger partial charge is 0.491 e. The van der Waals surface area contributed by atoms with E-state index >= 15 is 0 Å². The molecule has 0 amide bonds. The van der Waals surface area contributed by atoms with E-state index in [9.17, 15) is 0 Å². The van der Waals surface area contributed by atoms with Gasteiger partial charge in [-0.3, -0.25) is 0 Å². The number of nitrogens with zero attached hydrogens (tertiary/aromatic N) is 1. The predicted molar refractivity (Wildman–Crippen MR) is 128 cm³/mol. The summed E-state index contributed by atoms with van der Waals surface area (Å²) in [6.45, 7) is 6.79.